The topological polar surface area (TPSA) is 38.3 Å². The van der Waals surface area contributed by atoms with E-state index < -0.39 is 0 Å². The van der Waals surface area contributed by atoms with Gasteiger partial charge >= 0.3 is 0 Å². The third-order valence-corrected chi connectivity index (χ3v) is 4.51. The molecule has 17 heavy (non-hydrogen) atoms. The fraction of sp³-hybridized carbons (Fsp3) is 0.923. The highest BCUT2D eigenvalue weighted by Gasteiger charge is 2.37. The SMILES string of the molecule is COCC(CBr)NC(=O)C1CCCCC1(C)C. The highest BCUT2D eigenvalue weighted by molar-refractivity contribution is 9.09. The molecule has 1 amide bonds. The zero-order chi connectivity index (χ0) is 12.9. The van der Waals surface area contributed by atoms with Gasteiger partial charge in [-0.1, -0.05) is 42.6 Å². The number of carbonyl (C=O) groups excluding carboxylic acids is 1. The third kappa shape index (κ3) is 4.25. The quantitative estimate of drug-likeness (QED) is 0.793. The van der Waals surface area contributed by atoms with Gasteiger partial charge < -0.3 is 10.1 Å². The van der Waals surface area contributed by atoms with E-state index in [1.165, 1.54) is 12.8 Å². The first-order chi connectivity index (χ1) is 8.01. The van der Waals surface area contributed by atoms with E-state index in [1.807, 2.05) is 0 Å². The Morgan fingerprint density at radius 2 is 2.24 bits per heavy atom. The van der Waals surface area contributed by atoms with Crippen LogP contribution in [0.4, 0.5) is 0 Å². The van der Waals surface area contributed by atoms with Crippen LogP contribution in [0.2, 0.25) is 0 Å². The average Bonchev–Trinajstić information content (AvgIpc) is 2.27. The van der Waals surface area contributed by atoms with Gasteiger partial charge in [0.1, 0.15) is 0 Å². The summed E-state index contributed by atoms with van der Waals surface area (Å²) in [6.07, 6.45) is 4.58. The molecular formula is C13H24BrNO2. The molecule has 0 bridgehead atoms. The van der Waals surface area contributed by atoms with Crippen molar-refractivity contribution in [2.75, 3.05) is 19.0 Å². The normalized spacial score (nSPS) is 25.3. The largest absolute Gasteiger partial charge is 0.383 e. The smallest absolute Gasteiger partial charge is 0.223 e. The molecule has 1 aliphatic carbocycles. The van der Waals surface area contributed by atoms with Crippen molar-refractivity contribution in [3.05, 3.63) is 0 Å². The molecule has 0 aromatic heterocycles. The lowest BCUT2D eigenvalue weighted by Crippen LogP contribution is -2.47. The molecule has 1 aliphatic rings. The van der Waals surface area contributed by atoms with E-state index in [0.717, 1.165) is 18.2 Å². The van der Waals surface area contributed by atoms with Crippen LogP contribution in [-0.2, 0) is 9.53 Å². The van der Waals surface area contributed by atoms with Crippen molar-refractivity contribution < 1.29 is 9.53 Å². The van der Waals surface area contributed by atoms with Crippen molar-refractivity contribution in [1.29, 1.82) is 0 Å². The molecule has 2 unspecified atom stereocenters. The molecule has 4 heteroatoms. The minimum absolute atomic E-state index is 0.0743. The molecule has 1 fully saturated rings. The zero-order valence-corrected chi connectivity index (χ0v) is 12.7. The lowest BCUT2D eigenvalue weighted by molar-refractivity contribution is -0.131. The molecular weight excluding hydrogens is 282 g/mol. The van der Waals surface area contributed by atoms with Crippen molar-refractivity contribution in [3.63, 3.8) is 0 Å². The van der Waals surface area contributed by atoms with Crippen LogP contribution in [0.3, 0.4) is 0 Å². The Kier molecular flexibility index (Phi) is 5.93. The van der Waals surface area contributed by atoms with Gasteiger partial charge in [0.2, 0.25) is 5.91 Å². The van der Waals surface area contributed by atoms with Crippen molar-refractivity contribution in [2.45, 2.75) is 45.6 Å². The van der Waals surface area contributed by atoms with Crippen LogP contribution < -0.4 is 5.32 Å². The molecule has 0 aromatic carbocycles. The molecule has 1 saturated carbocycles. The fourth-order valence-electron chi connectivity index (χ4n) is 2.61. The van der Waals surface area contributed by atoms with Gasteiger partial charge in [0.25, 0.3) is 0 Å². The van der Waals surface area contributed by atoms with E-state index in [0.29, 0.717) is 6.61 Å². The van der Waals surface area contributed by atoms with Crippen molar-refractivity contribution in [2.24, 2.45) is 11.3 Å². The fourth-order valence-corrected chi connectivity index (χ4v) is 2.96. The van der Waals surface area contributed by atoms with E-state index in [2.05, 4.69) is 35.1 Å². The predicted octanol–water partition coefficient (Wildman–Crippen LogP) is 2.73. The van der Waals surface area contributed by atoms with Crippen molar-refractivity contribution in [1.82, 2.24) is 5.32 Å². The molecule has 1 N–H and O–H groups in total. The summed E-state index contributed by atoms with van der Waals surface area (Å²) in [5.74, 6) is 0.339. The Hall–Kier alpha value is -0.0900. The highest BCUT2D eigenvalue weighted by Crippen LogP contribution is 2.40. The molecule has 0 saturated heterocycles. The number of carbonyl (C=O) groups is 1. The number of rotatable bonds is 5. The van der Waals surface area contributed by atoms with Crippen LogP contribution in [0.15, 0.2) is 0 Å². The molecule has 100 valence electrons. The van der Waals surface area contributed by atoms with Crippen LogP contribution in [0.25, 0.3) is 0 Å². The van der Waals surface area contributed by atoms with Crippen LogP contribution in [0, 0.1) is 11.3 Å². The van der Waals surface area contributed by atoms with Gasteiger partial charge in [-0.05, 0) is 18.3 Å². The number of hydrogen-bond donors (Lipinski definition) is 1. The summed E-state index contributed by atoms with van der Waals surface area (Å²) in [7, 11) is 1.66. The Balaban J connectivity index is 2.55. The number of nitrogens with one attached hydrogen (secondary N) is 1. The number of ether oxygens (including phenoxy) is 1. The number of hydrogen-bond acceptors (Lipinski definition) is 2. The summed E-state index contributed by atoms with van der Waals surface area (Å²) in [5, 5.41) is 3.82. The van der Waals surface area contributed by atoms with E-state index in [9.17, 15) is 4.79 Å². The molecule has 2 atom stereocenters. The average molecular weight is 306 g/mol. The minimum atomic E-state index is 0.0743. The first-order valence-corrected chi connectivity index (χ1v) is 7.48. The molecule has 0 aliphatic heterocycles. The molecule has 0 aromatic rings. The van der Waals surface area contributed by atoms with Crippen LogP contribution in [0.5, 0.6) is 0 Å². The van der Waals surface area contributed by atoms with Crippen molar-refractivity contribution >= 4 is 21.8 Å². The van der Waals surface area contributed by atoms with Gasteiger partial charge in [-0.15, -0.1) is 0 Å². The number of alkyl halides is 1. The van der Waals surface area contributed by atoms with Crippen LogP contribution in [0.1, 0.15) is 39.5 Å². The first-order valence-electron chi connectivity index (χ1n) is 6.36. The van der Waals surface area contributed by atoms with Gasteiger partial charge in [0.15, 0.2) is 0 Å². The minimum Gasteiger partial charge on any atom is -0.383 e. The predicted molar refractivity (Wildman–Crippen MR) is 73.3 cm³/mol. The number of halogens is 1. The van der Waals surface area contributed by atoms with Gasteiger partial charge in [-0.25, -0.2) is 0 Å². The van der Waals surface area contributed by atoms with Crippen molar-refractivity contribution in [3.8, 4) is 0 Å². The number of methoxy groups -OCH3 is 1. The van der Waals surface area contributed by atoms with Crippen LogP contribution in [-0.4, -0.2) is 31.0 Å². The Bertz CT molecular complexity index is 256. The standard InChI is InChI=1S/C13H24BrNO2/c1-13(2)7-5-4-6-11(13)12(16)15-10(8-14)9-17-3/h10-11H,4-9H2,1-3H3,(H,15,16). The monoisotopic (exact) mass is 305 g/mol. The maximum atomic E-state index is 12.3. The summed E-state index contributed by atoms with van der Waals surface area (Å²) in [4.78, 5) is 12.3. The van der Waals surface area contributed by atoms with E-state index in [4.69, 9.17) is 4.74 Å². The summed E-state index contributed by atoms with van der Waals surface area (Å²) in [5.41, 5.74) is 0.131. The maximum Gasteiger partial charge on any atom is 0.223 e. The Labute approximate surface area is 113 Å². The number of amides is 1. The summed E-state index contributed by atoms with van der Waals surface area (Å²) in [6.45, 7) is 4.97. The second-order valence-electron chi connectivity index (χ2n) is 5.60. The highest BCUT2D eigenvalue weighted by atomic mass is 79.9. The van der Waals surface area contributed by atoms with E-state index in [1.54, 1.807) is 7.11 Å². The molecule has 0 heterocycles. The summed E-state index contributed by atoms with van der Waals surface area (Å²) in [6, 6.07) is 0.0743. The maximum absolute atomic E-state index is 12.3. The first kappa shape index (κ1) is 15.0. The second-order valence-corrected chi connectivity index (χ2v) is 6.25. The van der Waals surface area contributed by atoms with Crippen LogP contribution >= 0.6 is 15.9 Å². The molecule has 0 radical (unpaired) electrons. The molecule has 1 rings (SSSR count). The summed E-state index contributed by atoms with van der Waals surface area (Å²) >= 11 is 3.40. The lowest BCUT2D eigenvalue weighted by Gasteiger charge is -2.38. The Morgan fingerprint density at radius 1 is 1.53 bits per heavy atom. The third-order valence-electron chi connectivity index (χ3n) is 3.72. The zero-order valence-electron chi connectivity index (χ0n) is 11.1. The van der Waals surface area contributed by atoms with Gasteiger partial charge in [-0.3, -0.25) is 4.79 Å². The van der Waals surface area contributed by atoms with E-state index in [-0.39, 0.29) is 23.3 Å². The lowest BCUT2D eigenvalue weighted by atomic mass is 9.68. The van der Waals surface area contributed by atoms with E-state index >= 15 is 0 Å². The molecule has 0 spiro atoms. The summed E-state index contributed by atoms with van der Waals surface area (Å²) < 4.78 is 5.09. The molecule has 3 nitrogen and oxygen atoms in total. The van der Waals surface area contributed by atoms with Gasteiger partial charge in [0.05, 0.1) is 12.6 Å². The van der Waals surface area contributed by atoms with Gasteiger partial charge in [0, 0.05) is 18.4 Å². The Morgan fingerprint density at radius 3 is 2.76 bits per heavy atom. The second kappa shape index (κ2) is 6.74. The van der Waals surface area contributed by atoms with Gasteiger partial charge in [-0.2, -0.15) is 0 Å².